The average molecular weight is 577 g/mol. The summed E-state index contributed by atoms with van der Waals surface area (Å²) in [6, 6.07) is 0. The molecule has 0 aliphatic heterocycles. The van der Waals surface area contributed by atoms with Crippen molar-refractivity contribution in [2.75, 3.05) is 0 Å². The van der Waals surface area contributed by atoms with E-state index in [1.54, 1.807) is 0 Å². The highest BCUT2D eigenvalue weighted by Gasteiger charge is 2.03. The number of carbonyl (C=O) groups is 1. The normalized spacial score (nSPS) is 11.3. The summed E-state index contributed by atoms with van der Waals surface area (Å²) in [6.07, 6.45) is 47.8. The summed E-state index contributed by atoms with van der Waals surface area (Å²) in [5.41, 5.74) is 1.17. The van der Waals surface area contributed by atoms with Gasteiger partial charge in [0.25, 0.3) is 0 Å². The quantitative estimate of drug-likeness (QED) is 0.0601. The summed E-state index contributed by atoms with van der Waals surface area (Å²) in [7, 11) is 0. The summed E-state index contributed by atoms with van der Waals surface area (Å²) >= 11 is 0. The van der Waals surface area contributed by atoms with E-state index >= 15 is 0 Å². The number of unbranched alkanes of at least 4 members (excludes halogenated alkanes) is 30. The number of carboxylic acids is 1. The van der Waals surface area contributed by atoms with Gasteiger partial charge in [-0.25, -0.2) is 4.79 Å². The van der Waals surface area contributed by atoms with E-state index in [4.69, 9.17) is 0 Å². The van der Waals surface area contributed by atoms with Gasteiger partial charge in [0.1, 0.15) is 0 Å². The molecule has 0 radical (unpaired) electrons. The Morgan fingerprint density at radius 1 is 0.366 bits per heavy atom. The molecule has 0 aromatic carbocycles. The Labute approximate surface area is 259 Å². The predicted octanol–water partition coefficient (Wildman–Crippen LogP) is 14.3. The van der Waals surface area contributed by atoms with Crippen LogP contribution in [0.1, 0.15) is 232 Å². The maximum absolute atomic E-state index is 11.3. The van der Waals surface area contributed by atoms with E-state index in [1.807, 2.05) is 0 Å². The fraction of sp³-hybridized carbons (Fsp3) is 0.923. The minimum atomic E-state index is -0.756. The highest BCUT2D eigenvalue weighted by molar-refractivity contribution is 5.80. The van der Waals surface area contributed by atoms with Crippen LogP contribution in [0.5, 0.6) is 0 Å². The lowest BCUT2D eigenvalue weighted by Crippen LogP contribution is -1.94. The lowest BCUT2D eigenvalue weighted by molar-refractivity contribution is -0.131. The molecule has 0 atom stereocenters. The van der Waals surface area contributed by atoms with Crippen LogP contribution in [0.15, 0.2) is 11.6 Å². The molecule has 0 rings (SSSR count). The third-order valence-electron chi connectivity index (χ3n) is 9.03. The van der Waals surface area contributed by atoms with Gasteiger partial charge in [-0.3, -0.25) is 0 Å². The van der Waals surface area contributed by atoms with Crippen LogP contribution in [0.2, 0.25) is 0 Å². The first-order valence-electron chi connectivity index (χ1n) is 19.1. The average Bonchev–Trinajstić information content (AvgIpc) is 2.96. The van der Waals surface area contributed by atoms with Gasteiger partial charge in [-0.1, -0.05) is 212 Å². The zero-order valence-corrected chi connectivity index (χ0v) is 28.5. The van der Waals surface area contributed by atoms with Gasteiger partial charge >= 0.3 is 5.97 Å². The van der Waals surface area contributed by atoms with Crippen LogP contribution in [0.4, 0.5) is 0 Å². The van der Waals surface area contributed by atoms with Crippen LogP contribution in [0.25, 0.3) is 0 Å². The van der Waals surface area contributed by atoms with Crippen molar-refractivity contribution in [1.29, 1.82) is 0 Å². The van der Waals surface area contributed by atoms with Gasteiger partial charge in [-0.15, -0.1) is 0 Å². The van der Waals surface area contributed by atoms with Gasteiger partial charge in [0.15, 0.2) is 0 Å². The highest BCUT2D eigenvalue weighted by atomic mass is 16.4. The summed E-state index contributed by atoms with van der Waals surface area (Å²) in [4.78, 5) is 11.3. The van der Waals surface area contributed by atoms with Gasteiger partial charge in [0.05, 0.1) is 0 Å². The van der Waals surface area contributed by atoms with Gasteiger partial charge < -0.3 is 5.11 Å². The standard InChI is InChI=1S/C39H76O2/c1-3-5-7-9-11-13-15-17-19-21-23-25-27-29-31-33-35-38(37-39(40)41)36-34-32-30-28-26-24-22-20-18-16-14-12-10-8-6-4-2/h37H,3-36H2,1-2H3,(H,40,41). The van der Waals surface area contributed by atoms with Crippen molar-refractivity contribution < 1.29 is 9.90 Å². The zero-order chi connectivity index (χ0) is 29.9. The van der Waals surface area contributed by atoms with E-state index in [1.165, 1.54) is 204 Å². The minimum absolute atomic E-state index is 0.756. The molecular weight excluding hydrogens is 500 g/mol. The monoisotopic (exact) mass is 577 g/mol. The van der Waals surface area contributed by atoms with Crippen molar-refractivity contribution in [2.24, 2.45) is 0 Å². The molecule has 41 heavy (non-hydrogen) atoms. The minimum Gasteiger partial charge on any atom is -0.478 e. The number of hydrogen-bond donors (Lipinski definition) is 1. The Morgan fingerprint density at radius 3 is 0.756 bits per heavy atom. The number of rotatable bonds is 35. The molecule has 0 spiro atoms. The molecule has 0 aromatic rings. The fourth-order valence-corrected chi connectivity index (χ4v) is 6.24. The summed E-state index contributed by atoms with van der Waals surface area (Å²) in [5.74, 6) is -0.756. The van der Waals surface area contributed by atoms with Crippen molar-refractivity contribution in [2.45, 2.75) is 232 Å². The molecule has 0 unspecified atom stereocenters. The Kier molecular flexibility index (Phi) is 34.7. The van der Waals surface area contributed by atoms with Gasteiger partial charge in [0.2, 0.25) is 0 Å². The SMILES string of the molecule is CCCCCCCCCCCCCCCCCCC(=CC(=O)O)CCCCCCCCCCCCCCCCCC. The van der Waals surface area contributed by atoms with E-state index in [0.29, 0.717) is 0 Å². The largest absolute Gasteiger partial charge is 0.478 e. The van der Waals surface area contributed by atoms with Crippen molar-refractivity contribution in [3.05, 3.63) is 11.6 Å². The van der Waals surface area contributed by atoms with E-state index in [0.717, 1.165) is 25.7 Å². The third kappa shape index (κ3) is 35.3. The molecule has 0 amide bonds. The molecule has 0 saturated heterocycles. The van der Waals surface area contributed by atoms with Crippen LogP contribution in [-0.4, -0.2) is 11.1 Å². The van der Waals surface area contributed by atoms with Crippen molar-refractivity contribution in [3.63, 3.8) is 0 Å². The fourth-order valence-electron chi connectivity index (χ4n) is 6.24. The zero-order valence-electron chi connectivity index (χ0n) is 28.5. The van der Waals surface area contributed by atoms with E-state index in [9.17, 15) is 9.90 Å². The Balaban J connectivity index is 3.49. The topological polar surface area (TPSA) is 37.3 Å². The summed E-state index contributed by atoms with van der Waals surface area (Å²) in [5, 5.41) is 9.28. The maximum Gasteiger partial charge on any atom is 0.328 e. The lowest BCUT2D eigenvalue weighted by Gasteiger charge is -2.08. The van der Waals surface area contributed by atoms with E-state index < -0.39 is 5.97 Å². The molecule has 2 heteroatoms. The van der Waals surface area contributed by atoms with Crippen molar-refractivity contribution in [1.82, 2.24) is 0 Å². The second-order valence-electron chi connectivity index (χ2n) is 13.2. The molecule has 0 aromatic heterocycles. The first-order chi connectivity index (χ1) is 20.2. The van der Waals surface area contributed by atoms with Crippen molar-refractivity contribution in [3.8, 4) is 0 Å². The first-order valence-corrected chi connectivity index (χ1v) is 19.1. The highest BCUT2D eigenvalue weighted by Crippen LogP contribution is 2.20. The molecule has 0 aliphatic carbocycles. The first kappa shape index (κ1) is 40.2. The molecule has 244 valence electrons. The number of allylic oxidation sites excluding steroid dienone is 1. The number of aliphatic carboxylic acids is 1. The molecule has 0 fully saturated rings. The molecule has 2 nitrogen and oxygen atoms in total. The molecular formula is C39H76O2. The predicted molar refractivity (Wildman–Crippen MR) is 184 cm³/mol. The molecule has 0 aliphatic rings. The summed E-state index contributed by atoms with van der Waals surface area (Å²) in [6.45, 7) is 4.58. The summed E-state index contributed by atoms with van der Waals surface area (Å²) < 4.78 is 0. The second-order valence-corrected chi connectivity index (χ2v) is 13.2. The van der Waals surface area contributed by atoms with Crippen LogP contribution in [-0.2, 0) is 4.79 Å². The second kappa shape index (κ2) is 35.4. The Morgan fingerprint density at radius 2 is 0.561 bits per heavy atom. The van der Waals surface area contributed by atoms with Gasteiger partial charge in [-0.05, 0) is 25.7 Å². The van der Waals surface area contributed by atoms with Crippen LogP contribution in [0.3, 0.4) is 0 Å². The molecule has 0 heterocycles. The van der Waals surface area contributed by atoms with Crippen LogP contribution in [0, 0.1) is 0 Å². The number of carboxylic acid groups (broad SMARTS) is 1. The smallest absolute Gasteiger partial charge is 0.328 e. The van der Waals surface area contributed by atoms with Gasteiger partial charge in [0, 0.05) is 6.08 Å². The van der Waals surface area contributed by atoms with E-state index in [-0.39, 0.29) is 0 Å². The molecule has 0 bridgehead atoms. The molecule has 0 saturated carbocycles. The van der Waals surface area contributed by atoms with Crippen LogP contribution >= 0.6 is 0 Å². The lowest BCUT2D eigenvalue weighted by atomic mass is 9.98. The third-order valence-corrected chi connectivity index (χ3v) is 9.03. The van der Waals surface area contributed by atoms with E-state index in [2.05, 4.69) is 13.8 Å². The Bertz CT molecular complexity index is 500. The van der Waals surface area contributed by atoms with Crippen LogP contribution < -0.4 is 0 Å². The number of hydrogen-bond acceptors (Lipinski definition) is 1. The molecule has 1 N–H and O–H groups in total. The maximum atomic E-state index is 11.3. The van der Waals surface area contributed by atoms with Gasteiger partial charge in [-0.2, -0.15) is 0 Å². The Hall–Kier alpha value is -0.790. The van der Waals surface area contributed by atoms with Crippen molar-refractivity contribution >= 4 is 5.97 Å².